The van der Waals surface area contributed by atoms with Gasteiger partial charge < -0.3 is 19.9 Å². The van der Waals surface area contributed by atoms with Gasteiger partial charge in [0.05, 0.1) is 6.54 Å². The van der Waals surface area contributed by atoms with Gasteiger partial charge in [-0.15, -0.1) is 0 Å². The fraction of sp³-hybridized carbons (Fsp3) is 0.714. The molecule has 0 aliphatic carbocycles. The molecule has 1 saturated heterocycles. The number of nitrogens with zero attached hydrogens (tertiary/aromatic N) is 3. The molecule has 2 amide bonds. The summed E-state index contributed by atoms with van der Waals surface area (Å²) in [6.45, 7) is 7.17. The van der Waals surface area contributed by atoms with Crippen LogP contribution in [0, 0.1) is 11.8 Å². The van der Waals surface area contributed by atoms with E-state index in [9.17, 15) is 4.79 Å². The Balaban J connectivity index is 1.83. The molecule has 1 aliphatic heterocycles. The molecule has 1 aliphatic rings. The van der Waals surface area contributed by atoms with Gasteiger partial charge in [-0.05, 0) is 12.3 Å². The Morgan fingerprint density at radius 1 is 1.60 bits per heavy atom. The first kappa shape index (κ1) is 14.8. The van der Waals surface area contributed by atoms with E-state index < -0.39 is 0 Å². The monoisotopic (exact) mass is 280 g/mol. The van der Waals surface area contributed by atoms with Crippen LogP contribution in [0.25, 0.3) is 0 Å². The topological polar surface area (TPSA) is 70.4 Å². The van der Waals surface area contributed by atoms with Gasteiger partial charge in [-0.2, -0.15) is 0 Å². The number of rotatable bonds is 5. The van der Waals surface area contributed by atoms with Gasteiger partial charge in [-0.25, -0.2) is 9.78 Å². The summed E-state index contributed by atoms with van der Waals surface area (Å²) >= 11 is 0. The fourth-order valence-electron chi connectivity index (χ4n) is 2.50. The molecule has 1 fully saturated rings. The van der Waals surface area contributed by atoms with E-state index in [1.54, 1.807) is 11.1 Å². The van der Waals surface area contributed by atoms with E-state index in [1.165, 1.54) is 0 Å². The Bertz CT molecular complexity index is 444. The number of carbonyl (C=O) groups excluding carboxylic acids is 1. The standard InChI is InChI=1S/C14H24N4O2/c1-11(2)8-17-6-4-15-13(17)7-16-14(20)18-5-3-12(9-18)10-19/h4,6,11-12,19H,3,5,7-10H2,1-2H3,(H,16,20). The van der Waals surface area contributed by atoms with Crippen LogP contribution in [0.3, 0.4) is 0 Å². The lowest BCUT2D eigenvalue weighted by Crippen LogP contribution is -2.38. The first-order valence-corrected chi connectivity index (χ1v) is 7.23. The number of aromatic nitrogens is 2. The summed E-state index contributed by atoms with van der Waals surface area (Å²) in [5.74, 6) is 1.65. The van der Waals surface area contributed by atoms with Crippen molar-refractivity contribution in [3.8, 4) is 0 Å². The molecule has 20 heavy (non-hydrogen) atoms. The Morgan fingerprint density at radius 2 is 2.40 bits per heavy atom. The van der Waals surface area contributed by atoms with Crippen molar-refractivity contribution >= 4 is 6.03 Å². The summed E-state index contributed by atoms with van der Waals surface area (Å²) in [5.41, 5.74) is 0. The summed E-state index contributed by atoms with van der Waals surface area (Å²) in [7, 11) is 0. The van der Waals surface area contributed by atoms with Crippen molar-refractivity contribution in [1.29, 1.82) is 0 Å². The molecule has 2 heterocycles. The highest BCUT2D eigenvalue weighted by Gasteiger charge is 2.25. The predicted octanol–water partition coefficient (Wildman–Crippen LogP) is 1.06. The highest BCUT2D eigenvalue weighted by molar-refractivity contribution is 5.74. The van der Waals surface area contributed by atoms with Gasteiger partial charge in [0.1, 0.15) is 5.82 Å². The molecule has 6 nitrogen and oxygen atoms in total. The zero-order chi connectivity index (χ0) is 14.5. The third-order valence-corrected chi connectivity index (χ3v) is 3.59. The quantitative estimate of drug-likeness (QED) is 0.847. The second-order valence-corrected chi connectivity index (χ2v) is 5.83. The molecule has 1 aromatic rings. The number of aliphatic hydroxyl groups excluding tert-OH is 1. The molecule has 1 unspecified atom stereocenters. The molecule has 0 bridgehead atoms. The number of hydrogen-bond acceptors (Lipinski definition) is 3. The maximum absolute atomic E-state index is 12.0. The van der Waals surface area contributed by atoms with Gasteiger partial charge in [-0.3, -0.25) is 0 Å². The maximum Gasteiger partial charge on any atom is 0.317 e. The summed E-state index contributed by atoms with van der Waals surface area (Å²) < 4.78 is 2.07. The van der Waals surface area contributed by atoms with Crippen LogP contribution in [0.2, 0.25) is 0 Å². The van der Waals surface area contributed by atoms with E-state index in [4.69, 9.17) is 5.11 Å². The van der Waals surface area contributed by atoms with Gasteiger partial charge in [0.25, 0.3) is 0 Å². The van der Waals surface area contributed by atoms with Crippen molar-refractivity contribution in [2.75, 3.05) is 19.7 Å². The number of imidazole rings is 1. The van der Waals surface area contributed by atoms with Gasteiger partial charge in [0.2, 0.25) is 0 Å². The number of carbonyl (C=O) groups is 1. The second-order valence-electron chi connectivity index (χ2n) is 5.83. The molecular formula is C14H24N4O2. The summed E-state index contributed by atoms with van der Waals surface area (Å²) in [5, 5.41) is 12.0. The van der Waals surface area contributed by atoms with Crippen LogP contribution in [0.5, 0.6) is 0 Å². The van der Waals surface area contributed by atoms with E-state index in [-0.39, 0.29) is 18.6 Å². The van der Waals surface area contributed by atoms with E-state index in [0.717, 1.165) is 25.3 Å². The Morgan fingerprint density at radius 3 is 3.05 bits per heavy atom. The van der Waals surface area contributed by atoms with E-state index in [1.807, 2.05) is 6.20 Å². The first-order chi connectivity index (χ1) is 9.60. The highest BCUT2D eigenvalue weighted by atomic mass is 16.3. The molecule has 2 rings (SSSR count). The highest BCUT2D eigenvalue weighted by Crippen LogP contribution is 2.15. The molecule has 0 saturated carbocycles. The Labute approximate surface area is 119 Å². The van der Waals surface area contributed by atoms with Crippen molar-refractivity contribution in [2.45, 2.75) is 33.4 Å². The molecule has 6 heteroatoms. The number of likely N-dealkylation sites (tertiary alicyclic amines) is 1. The summed E-state index contributed by atoms with van der Waals surface area (Å²) in [6.07, 6.45) is 4.59. The Hall–Kier alpha value is -1.56. The minimum atomic E-state index is -0.0694. The lowest BCUT2D eigenvalue weighted by atomic mass is 10.1. The lowest BCUT2D eigenvalue weighted by molar-refractivity contribution is 0.197. The van der Waals surface area contributed by atoms with Crippen LogP contribution in [0.15, 0.2) is 12.4 Å². The van der Waals surface area contributed by atoms with Crippen LogP contribution in [-0.4, -0.2) is 45.3 Å². The zero-order valence-electron chi connectivity index (χ0n) is 12.2. The maximum atomic E-state index is 12.0. The van der Waals surface area contributed by atoms with Crippen LogP contribution < -0.4 is 5.32 Å². The molecule has 112 valence electrons. The summed E-state index contributed by atoms with van der Waals surface area (Å²) in [4.78, 5) is 18.1. The fourth-order valence-corrected chi connectivity index (χ4v) is 2.50. The van der Waals surface area contributed by atoms with Gasteiger partial charge in [0.15, 0.2) is 0 Å². The van der Waals surface area contributed by atoms with Crippen molar-refractivity contribution in [3.63, 3.8) is 0 Å². The average molecular weight is 280 g/mol. The van der Waals surface area contributed by atoms with Crippen LogP contribution in [-0.2, 0) is 13.1 Å². The van der Waals surface area contributed by atoms with Crippen molar-refractivity contribution in [2.24, 2.45) is 11.8 Å². The summed E-state index contributed by atoms with van der Waals surface area (Å²) in [6, 6.07) is -0.0694. The normalized spacial score (nSPS) is 18.8. The van der Waals surface area contributed by atoms with Gasteiger partial charge >= 0.3 is 6.03 Å². The SMILES string of the molecule is CC(C)Cn1ccnc1CNC(=O)N1CCC(CO)C1. The van der Waals surface area contributed by atoms with Gasteiger partial charge in [0, 0.05) is 44.6 Å². The minimum absolute atomic E-state index is 0.0694. The number of hydrogen-bond donors (Lipinski definition) is 2. The predicted molar refractivity (Wildman–Crippen MR) is 76.1 cm³/mol. The van der Waals surface area contributed by atoms with Crippen molar-refractivity contribution in [1.82, 2.24) is 19.8 Å². The number of nitrogens with one attached hydrogen (secondary N) is 1. The smallest absolute Gasteiger partial charge is 0.317 e. The van der Waals surface area contributed by atoms with Crippen LogP contribution in [0.4, 0.5) is 4.79 Å². The minimum Gasteiger partial charge on any atom is -0.396 e. The zero-order valence-corrected chi connectivity index (χ0v) is 12.2. The van der Waals surface area contributed by atoms with Crippen molar-refractivity contribution < 1.29 is 9.90 Å². The molecule has 2 N–H and O–H groups in total. The third kappa shape index (κ3) is 3.72. The molecule has 1 aromatic heterocycles. The van der Waals surface area contributed by atoms with E-state index in [2.05, 4.69) is 28.7 Å². The van der Waals surface area contributed by atoms with Crippen molar-refractivity contribution in [3.05, 3.63) is 18.2 Å². The number of amides is 2. The number of urea groups is 1. The molecule has 0 radical (unpaired) electrons. The molecule has 1 atom stereocenters. The first-order valence-electron chi connectivity index (χ1n) is 7.23. The van der Waals surface area contributed by atoms with Crippen LogP contribution in [0.1, 0.15) is 26.1 Å². The average Bonchev–Trinajstić information content (AvgIpc) is 3.04. The molecular weight excluding hydrogens is 256 g/mol. The molecule has 0 aromatic carbocycles. The Kier molecular flexibility index (Phi) is 5.00. The van der Waals surface area contributed by atoms with E-state index >= 15 is 0 Å². The second kappa shape index (κ2) is 6.74. The molecule has 0 spiro atoms. The largest absolute Gasteiger partial charge is 0.396 e. The van der Waals surface area contributed by atoms with E-state index in [0.29, 0.717) is 19.0 Å². The number of aliphatic hydroxyl groups is 1. The van der Waals surface area contributed by atoms with Crippen LogP contribution >= 0.6 is 0 Å². The van der Waals surface area contributed by atoms with Gasteiger partial charge in [-0.1, -0.05) is 13.8 Å². The third-order valence-electron chi connectivity index (χ3n) is 3.59. The lowest BCUT2D eigenvalue weighted by Gasteiger charge is -2.17.